The van der Waals surface area contributed by atoms with Gasteiger partial charge in [-0.15, -0.1) is 0 Å². The molecule has 3 aromatic heterocycles. The highest BCUT2D eigenvalue weighted by molar-refractivity contribution is 5.78. The standard InChI is InChI=1S/C20H21N7O2/c1-29-18-11-17(23-14-5-4-9-26(13-14)19(28)7-8-21)24-20(25-18)15-12-22-27-10-3-2-6-16(15)27/h2-3,6,10-12,14H,4-5,7,9,13H2,1H3,(H,23,24,25)/t14-/m1/s1. The van der Waals surface area contributed by atoms with Gasteiger partial charge in [0.25, 0.3) is 0 Å². The van der Waals surface area contributed by atoms with Crippen molar-refractivity contribution < 1.29 is 9.53 Å². The van der Waals surface area contributed by atoms with E-state index < -0.39 is 0 Å². The number of carbonyl (C=O) groups is 1. The largest absolute Gasteiger partial charge is 0.481 e. The third-order valence-electron chi connectivity index (χ3n) is 4.94. The lowest BCUT2D eigenvalue weighted by atomic mass is 10.1. The van der Waals surface area contributed by atoms with E-state index in [1.807, 2.05) is 30.5 Å². The molecular formula is C20H21N7O2. The van der Waals surface area contributed by atoms with Crippen molar-refractivity contribution in [3.63, 3.8) is 0 Å². The van der Waals surface area contributed by atoms with Gasteiger partial charge in [-0.05, 0) is 25.0 Å². The molecule has 1 saturated heterocycles. The molecule has 0 unspecified atom stereocenters. The van der Waals surface area contributed by atoms with Gasteiger partial charge >= 0.3 is 0 Å². The molecule has 3 aromatic rings. The zero-order chi connectivity index (χ0) is 20.2. The van der Waals surface area contributed by atoms with Gasteiger partial charge in [-0.25, -0.2) is 9.50 Å². The molecule has 1 N–H and O–H groups in total. The monoisotopic (exact) mass is 391 g/mol. The Morgan fingerprint density at radius 1 is 1.41 bits per heavy atom. The fraction of sp³-hybridized carbons (Fsp3) is 0.350. The second-order valence-electron chi connectivity index (χ2n) is 6.87. The Kier molecular flexibility index (Phi) is 5.24. The first-order valence-electron chi connectivity index (χ1n) is 9.45. The van der Waals surface area contributed by atoms with Crippen LogP contribution >= 0.6 is 0 Å². The van der Waals surface area contributed by atoms with E-state index in [2.05, 4.69) is 20.4 Å². The summed E-state index contributed by atoms with van der Waals surface area (Å²) in [4.78, 5) is 22.9. The maximum atomic E-state index is 12.1. The fourth-order valence-corrected chi connectivity index (χ4v) is 3.54. The molecule has 1 aliphatic heterocycles. The molecule has 1 fully saturated rings. The van der Waals surface area contributed by atoms with Gasteiger partial charge < -0.3 is 15.0 Å². The number of pyridine rings is 1. The number of amides is 1. The molecule has 0 aliphatic carbocycles. The van der Waals surface area contributed by atoms with Gasteiger partial charge in [-0.3, -0.25) is 4.79 Å². The predicted molar refractivity (Wildman–Crippen MR) is 106 cm³/mol. The summed E-state index contributed by atoms with van der Waals surface area (Å²) in [5.74, 6) is 1.45. The van der Waals surface area contributed by atoms with E-state index in [4.69, 9.17) is 10.00 Å². The summed E-state index contributed by atoms with van der Waals surface area (Å²) >= 11 is 0. The summed E-state index contributed by atoms with van der Waals surface area (Å²) in [7, 11) is 1.56. The molecule has 29 heavy (non-hydrogen) atoms. The molecule has 9 heteroatoms. The number of aromatic nitrogens is 4. The summed E-state index contributed by atoms with van der Waals surface area (Å²) in [5, 5.41) is 16.5. The highest BCUT2D eigenvalue weighted by Gasteiger charge is 2.24. The molecule has 1 aliphatic rings. The lowest BCUT2D eigenvalue weighted by Gasteiger charge is -2.33. The van der Waals surface area contributed by atoms with E-state index >= 15 is 0 Å². The van der Waals surface area contributed by atoms with Crippen molar-refractivity contribution in [1.29, 1.82) is 5.26 Å². The maximum absolute atomic E-state index is 12.1. The number of anilines is 1. The Morgan fingerprint density at radius 3 is 3.14 bits per heavy atom. The van der Waals surface area contributed by atoms with Gasteiger partial charge in [0.2, 0.25) is 11.8 Å². The van der Waals surface area contributed by atoms with Crippen molar-refractivity contribution in [2.24, 2.45) is 0 Å². The molecule has 4 heterocycles. The number of nitrogens with zero attached hydrogens (tertiary/aromatic N) is 6. The van der Waals surface area contributed by atoms with Crippen molar-refractivity contribution >= 4 is 17.2 Å². The van der Waals surface area contributed by atoms with E-state index in [9.17, 15) is 4.79 Å². The van der Waals surface area contributed by atoms with Crippen molar-refractivity contribution in [3.8, 4) is 23.3 Å². The molecular weight excluding hydrogens is 370 g/mol. The molecule has 0 saturated carbocycles. The Labute approximate surface area is 167 Å². The Hall–Kier alpha value is -3.67. The smallest absolute Gasteiger partial charge is 0.236 e. The molecule has 0 spiro atoms. The number of nitriles is 1. The van der Waals surface area contributed by atoms with Gasteiger partial charge in [0.05, 0.1) is 30.5 Å². The van der Waals surface area contributed by atoms with Crippen LogP contribution in [0, 0.1) is 11.3 Å². The number of methoxy groups -OCH3 is 1. The lowest BCUT2D eigenvalue weighted by Crippen LogP contribution is -2.45. The molecule has 0 radical (unpaired) electrons. The first-order chi connectivity index (χ1) is 14.2. The Balaban J connectivity index is 1.59. The number of carbonyl (C=O) groups excluding carboxylic acids is 1. The van der Waals surface area contributed by atoms with Crippen LogP contribution < -0.4 is 10.1 Å². The molecule has 148 valence electrons. The van der Waals surface area contributed by atoms with Crippen LogP contribution in [0.25, 0.3) is 16.9 Å². The number of nitrogens with one attached hydrogen (secondary N) is 1. The van der Waals surface area contributed by atoms with Gasteiger partial charge in [0.1, 0.15) is 12.2 Å². The van der Waals surface area contributed by atoms with Gasteiger partial charge in [-0.1, -0.05) is 6.07 Å². The first-order valence-corrected chi connectivity index (χ1v) is 9.45. The second-order valence-corrected chi connectivity index (χ2v) is 6.87. The van der Waals surface area contributed by atoms with Gasteiger partial charge in [-0.2, -0.15) is 15.3 Å². The van der Waals surface area contributed by atoms with E-state index in [1.54, 1.807) is 28.8 Å². The normalized spacial score (nSPS) is 16.4. The van der Waals surface area contributed by atoms with Crippen LogP contribution in [0.2, 0.25) is 0 Å². The molecule has 0 aromatic carbocycles. The number of hydrogen-bond acceptors (Lipinski definition) is 7. The number of fused-ring (bicyclic) bond motifs is 1. The SMILES string of the molecule is COc1cc(N[C@@H]2CCCN(C(=O)CC#N)C2)nc(-c2cnn3ccccc23)n1. The minimum absolute atomic E-state index is 0.0442. The number of likely N-dealkylation sites (tertiary alicyclic amines) is 1. The van der Waals surface area contributed by atoms with Crippen LogP contribution in [-0.4, -0.2) is 56.6 Å². The first kappa shape index (κ1) is 18.7. The van der Waals surface area contributed by atoms with Gasteiger partial charge in [0, 0.05) is 31.4 Å². The van der Waals surface area contributed by atoms with E-state index in [1.165, 1.54) is 0 Å². The van der Waals surface area contributed by atoms with E-state index in [-0.39, 0.29) is 18.4 Å². The Morgan fingerprint density at radius 2 is 2.31 bits per heavy atom. The van der Waals surface area contributed by atoms with E-state index in [0.29, 0.717) is 30.6 Å². The summed E-state index contributed by atoms with van der Waals surface area (Å²) in [6, 6.07) is 9.51. The molecule has 4 rings (SSSR count). The number of ether oxygens (including phenoxy) is 1. The van der Waals surface area contributed by atoms with Crippen LogP contribution in [0.3, 0.4) is 0 Å². The molecule has 1 amide bonds. The third kappa shape index (κ3) is 3.96. The fourth-order valence-electron chi connectivity index (χ4n) is 3.54. The molecule has 0 bridgehead atoms. The minimum atomic E-state index is -0.133. The summed E-state index contributed by atoms with van der Waals surface area (Å²) in [6.07, 6.45) is 5.30. The van der Waals surface area contributed by atoms with Crippen molar-refractivity contribution in [2.75, 3.05) is 25.5 Å². The number of hydrogen-bond donors (Lipinski definition) is 1. The topological polar surface area (TPSA) is 108 Å². The Bertz CT molecular complexity index is 1070. The van der Waals surface area contributed by atoms with Crippen LogP contribution in [0.1, 0.15) is 19.3 Å². The van der Waals surface area contributed by atoms with Crippen molar-refractivity contribution in [2.45, 2.75) is 25.3 Å². The van der Waals surface area contributed by atoms with Crippen LogP contribution in [0.15, 0.2) is 36.7 Å². The van der Waals surface area contributed by atoms with Crippen molar-refractivity contribution in [1.82, 2.24) is 24.5 Å². The van der Waals surface area contributed by atoms with Crippen LogP contribution in [-0.2, 0) is 4.79 Å². The molecule has 1 atom stereocenters. The highest BCUT2D eigenvalue weighted by atomic mass is 16.5. The highest BCUT2D eigenvalue weighted by Crippen LogP contribution is 2.26. The second kappa shape index (κ2) is 8.14. The number of rotatable bonds is 5. The average molecular weight is 391 g/mol. The minimum Gasteiger partial charge on any atom is -0.481 e. The van der Waals surface area contributed by atoms with Crippen molar-refractivity contribution in [3.05, 3.63) is 36.7 Å². The van der Waals surface area contributed by atoms with E-state index in [0.717, 1.165) is 23.9 Å². The summed E-state index contributed by atoms with van der Waals surface area (Å²) in [6.45, 7) is 1.22. The van der Waals surface area contributed by atoms with Crippen LogP contribution in [0.4, 0.5) is 5.82 Å². The maximum Gasteiger partial charge on any atom is 0.236 e. The zero-order valence-corrected chi connectivity index (χ0v) is 16.1. The summed E-state index contributed by atoms with van der Waals surface area (Å²) in [5.41, 5.74) is 1.71. The number of piperidine rings is 1. The zero-order valence-electron chi connectivity index (χ0n) is 16.1. The quantitative estimate of drug-likeness (QED) is 0.709. The summed E-state index contributed by atoms with van der Waals surface area (Å²) < 4.78 is 7.14. The van der Waals surface area contributed by atoms with Gasteiger partial charge in [0.15, 0.2) is 5.82 Å². The third-order valence-corrected chi connectivity index (χ3v) is 4.94. The average Bonchev–Trinajstić information content (AvgIpc) is 3.18. The molecule has 9 nitrogen and oxygen atoms in total. The lowest BCUT2D eigenvalue weighted by molar-refractivity contribution is -0.131. The van der Waals surface area contributed by atoms with Crippen LogP contribution in [0.5, 0.6) is 5.88 Å². The predicted octanol–water partition coefficient (Wildman–Crippen LogP) is 2.12.